The number of hydrogen-bond acceptors (Lipinski definition) is 5. The first-order valence-corrected chi connectivity index (χ1v) is 9.31. The van der Waals surface area contributed by atoms with Crippen LogP contribution in [0.5, 0.6) is 5.75 Å². The van der Waals surface area contributed by atoms with Gasteiger partial charge in [0, 0.05) is 19.3 Å². The molecule has 1 aromatic heterocycles. The second-order valence-corrected chi connectivity index (χ2v) is 7.05. The Morgan fingerprint density at radius 2 is 2.26 bits per heavy atom. The van der Waals surface area contributed by atoms with Crippen LogP contribution in [0, 0.1) is 6.92 Å². The zero-order chi connectivity index (χ0) is 19.3. The number of rotatable bonds is 6. The Bertz CT molecular complexity index is 776. The van der Waals surface area contributed by atoms with E-state index in [1.54, 1.807) is 21.8 Å². The number of hydrogen-bond donors (Lipinski definition) is 1. The van der Waals surface area contributed by atoms with E-state index < -0.39 is 5.60 Å². The van der Waals surface area contributed by atoms with Crippen LogP contribution in [0.2, 0.25) is 0 Å². The van der Waals surface area contributed by atoms with Crippen LogP contribution in [0.4, 0.5) is 0 Å². The zero-order valence-electron chi connectivity index (χ0n) is 15.9. The Hall–Kier alpha value is -2.38. The molecule has 1 atom stereocenters. The summed E-state index contributed by atoms with van der Waals surface area (Å²) in [7, 11) is 0. The van der Waals surface area contributed by atoms with Gasteiger partial charge in [0.25, 0.3) is 5.91 Å². The molecule has 0 bridgehead atoms. The van der Waals surface area contributed by atoms with Gasteiger partial charge in [-0.2, -0.15) is 5.10 Å². The van der Waals surface area contributed by atoms with Gasteiger partial charge in [-0.15, -0.1) is 0 Å². The van der Waals surface area contributed by atoms with Crippen molar-refractivity contribution in [3.63, 3.8) is 0 Å². The number of benzene rings is 1. The second kappa shape index (κ2) is 8.54. The van der Waals surface area contributed by atoms with Gasteiger partial charge in [-0.25, -0.2) is 0 Å². The maximum atomic E-state index is 13.0. The molecule has 1 aliphatic rings. The third-order valence-corrected chi connectivity index (χ3v) is 4.52. The van der Waals surface area contributed by atoms with Gasteiger partial charge in [-0.3, -0.25) is 9.48 Å². The molecule has 0 saturated carbocycles. The predicted molar refractivity (Wildman–Crippen MR) is 101 cm³/mol. The summed E-state index contributed by atoms with van der Waals surface area (Å²) in [6.07, 6.45) is 2.52. The van der Waals surface area contributed by atoms with Gasteiger partial charge in [0.2, 0.25) is 0 Å². The van der Waals surface area contributed by atoms with Crippen molar-refractivity contribution in [2.45, 2.75) is 32.4 Å². The molecule has 3 rings (SSSR count). The summed E-state index contributed by atoms with van der Waals surface area (Å²) in [6.45, 7) is 5.82. The first-order valence-electron chi connectivity index (χ1n) is 9.31. The lowest BCUT2D eigenvalue weighted by Crippen LogP contribution is -2.50. The Kier molecular flexibility index (Phi) is 6.13. The molecule has 1 amide bonds. The van der Waals surface area contributed by atoms with E-state index in [1.165, 1.54) is 0 Å². The molecule has 1 fully saturated rings. The van der Waals surface area contributed by atoms with Gasteiger partial charge < -0.3 is 19.5 Å². The van der Waals surface area contributed by atoms with Crippen LogP contribution < -0.4 is 4.74 Å². The van der Waals surface area contributed by atoms with Crippen LogP contribution in [0.3, 0.4) is 0 Å². The van der Waals surface area contributed by atoms with E-state index in [2.05, 4.69) is 5.10 Å². The van der Waals surface area contributed by atoms with E-state index in [1.807, 2.05) is 38.1 Å². The molecule has 146 valence electrons. The number of aromatic nitrogens is 2. The second-order valence-electron chi connectivity index (χ2n) is 7.05. The smallest absolute Gasteiger partial charge is 0.272 e. The molecular weight excluding hydrogens is 346 g/mol. The van der Waals surface area contributed by atoms with Crippen LogP contribution in [0.25, 0.3) is 0 Å². The first kappa shape index (κ1) is 19.4. The van der Waals surface area contributed by atoms with E-state index in [4.69, 9.17) is 9.47 Å². The maximum absolute atomic E-state index is 13.0. The molecule has 7 nitrogen and oxygen atoms in total. The number of ether oxygens (including phenoxy) is 2. The lowest BCUT2D eigenvalue weighted by Gasteiger charge is -2.30. The normalized spacial score (nSPS) is 20.3. The van der Waals surface area contributed by atoms with Gasteiger partial charge in [0.05, 0.1) is 19.8 Å². The summed E-state index contributed by atoms with van der Waals surface area (Å²) in [5.74, 6) is 0.534. The SMILES string of the molecule is CCCn1nccc1C(=O)N1CCOCC(O)(COc2cccc(C)c2)C1. The number of aliphatic hydroxyl groups is 1. The van der Waals surface area contributed by atoms with Crippen LogP contribution in [-0.4, -0.2) is 64.2 Å². The Balaban J connectivity index is 1.70. The Labute approximate surface area is 159 Å². The summed E-state index contributed by atoms with van der Waals surface area (Å²) in [5.41, 5.74) is 0.337. The zero-order valence-corrected chi connectivity index (χ0v) is 15.9. The average Bonchev–Trinajstić information content (AvgIpc) is 3.01. The van der Waals surface area contributed by atoms with Gasteiger partial charge >= 0.3 is 0 Å². The minimum absolute atomic E-state index is 0.0501. The van der Waals surface area contributed by atoms with E-state index in [-0.39, 0.29) is 25.7 Å². The molecule has 2 aromatic rings. The standard InChI is InChI=1S/C20H27N3O4/c1-3-9-23-18(7-8-21-23)19(24)22-10-11-26-14-20(25,13-22)15-27-17-6-4-5-16(2)12-17/h4-8,12,25H,3,9-11,13-15H2,1-2H3. The highest BCUT2D eigenvalue weighted by molar-refractivity contribution is 5.92. The van der Waals surface area contributed by atoms with Gasteiger partial charge in [0.1, 0.15) is 23.7 Å². The van der Waals surface area contributed by atoms with Crippen LogP contribution >= 0.6 is 0 Å². The number of carbonyl (C=O) groups excluding carboxylic acids is 1. The number of amides is 1. The fourth-order valence-electron chi connectivity index (χ4n) is 3.17. The lowest BCUT2D eigenvalue weighted by atomic mass is 10.1. The highest BCUT2D eigenvalue weighted by Crippen LogP contribution is 2.19. The summed E-state index contributed by atoms with van der Waals surface area (Å²) in [4.78, 5) is 14.6. The third kappa shape index (κ3) is 4.87. The van der Waals surface area contributed by atoms with Gasteiger partial charge in [-0.1, -0.05) is 19.1 Å². The monoisotopic (exact) mass is 373 g/mol. The van der Waals surface area contributed by atoms with E-state index in [0.29, 0.717) is 31.1 Å². The predicted octanol–water partition coefficient (Wildman–Crippen LogP) is 1.88. The molecule has 7 heteroatoms. The van der Waals surface area contributed by atoms with Crippen molar-refractivity contribution >= 4 is 5.91 Å². The van der Waals surface area contributed by atoms with Crippen molar-refractivity contribution in [2.24, 2.45) is 0 Å². The maximum Gasteiger partial charge on any atom is 0.272 e. The van der Waals surface area contributed by atoms with Gasteiger partial charge in [0.15, 0.2) is 0 Å². The van der Waals surface area contributed by atoms with Crippen molar-refractivity contribution < 1.29 is 19.4 Å². The fraction of sp³-hybridized carbons (Fsp3) is 0.500. The minimum Gasteiger partial charge on any atom is -0.490 e. The third-order valence-electron chi connectivity index (χ3n) is 4.52. The number of carbonyl (C=O) groups is 1. The molecule has 1 unspecified atom stereocenters. The van der Waals surface area contributed by atoms with Crippen molar-refractivity contribution in [1.29, 1.82) is 0 Å². The molecule has 2 heterocycles. The van der Waals surface area contributed by atoms with Crippen molar-refractivity contribution in [1.82, 2.24) is 14.7 Å². The number of β-amino-alcohol motifs (C(OH)–C–C–N with tert-alkyl or cyclic N) is 1. The molecule has 1 N–H and O–H groups in total. The largest absolute Gasteiger partial charge is 0.490 e. The Morgan fingerprint density at radius 3 is 3.04 bits per heavy atom. The van der Waals surface area contributed by atoms with Crippen molar-refractivity contribution in [2.75, 3.05) is 32.9 Å². The summed E-state index contributed by atoms with van der Waals surface area (Å²) < 4.78 is 13.0. The fourth-order valence-corrected chi connectivity index (χ4v) is 3.17. The highest BCUT2D eigenvalue weighted by Gasteiger charge is 2.36. The topological polar surface area (TPSA) is 76.8 Å². The van der Waals surface area contributed by atoms with Crippen molar-refractivity contribution in [3.8, 4) is 5.75 Å². The molecule has 0 spiro atoms. The summed E-state index contributed by atoms with van der Waals surface area (Å²) >= 11 is 0. The minimum atomic E-state index is -1.27. The average molecular weight is 373 g/mol. The van der Waals surface area contributed by atoms with Gasteiger partial charge in [-0.05, 0) is 37.1 Å². The molecule has 1 saturated heterocycles. The lowest BCUT2D eigenvalue weighted by molar-refractivity contribution is -0.0621. The summed E-state index contributed by atoms with van der Waals surface area (Å²) in [6, 6.07) is 9.36. The summed E-state index contributed by atoms with van der Waals surface area (Å²) in [5, 5.41) is 15.2. The quantitative estimate of drug-likeness (QED) is 0.837. The first-order chi connectivity index (χ1) is 13.0. The van der Waals surface area contributed by atoms with Crippen LogP contribution in [0.1, 0.15) is 29.4 Å². The molecule has 1 aliphatic heterocycles. The number of aryl methyl sites for hydroxylation is 2. The molecule has 0 radical (unpaired) electrons. The van der Waals surface area contributed by atoms with Crippen molar-refractivity contribution in [3.05, 3.63) is 47.8 Å². The van der Waals surface area contributed by atoms with Crippen LogP contribution in [-0.2, 0) is 11.3 Å². The Morgan fingerprint density at radius 1 is 1.41 bits per heavy atom. The molecular formula is C20H27N3O4. The van der Waals surface area contributed by atoms with Crippen LogP contribution in [0.15, 0.2) is 36.5 Å². The van der Waals surface area contributed by atoms with E-state index in [0.717, 1.165) is 12.0 Å². The molecule has 0 aliphatic carbocycles. The number of nitrogens with zero attached hydrogens (tertiary/aromatic N) is 3. The molecule has 1 aromatic carbocycles. The molecule has 27 heavy (non-hydrogen) atoms. The van der Waals surface area contributed by atoms with E-state index >= 15 is 0 Å². The van der Waals surface area contributed by atoms with E-state index in [9.17, 15) is 9.90 Å². The highest BCUT2D eigenvalue weighted by atomic mass is 16.5.